The molecular weight excluding hydrogens is 278 g/mol. The number of hydrogen-bond donors (Lipinski definition) is 1. The average molecular weight is 299 g/mol. The van der Waals surface area contributed by atoms with Gasteiger partial charge in [0.05, 0.1) is 6.20 Å². The van der Waals surface area contributed by atoms with Crippen LogP contribution in [0.25, 0.3) is 0 Å². The Morgan fingerprint density at radius 2 is 2.14 bits per heavy atom. The molecule has 5 nitrogen and oxygen atoms in total. The summed E-state index contributed by atoms with van der Waals surface area (Å²) in [5.74, 6) is 1.27. The lowest BCUT2D eigenvalue weighted by Crippen LogP contribution is -2.22. The highest BCUT2D eigenvalue weighted by Crippen LogP contribution is 2.26. The summed E-state index contributed by atoms with van der Waals surface area (Å²) in [7, 11) is 0. The molecule has 1 amide bonds. The molecule has 22 heavy (non-hydrogen) atoms. The Labute approximate surface area is 130 Å². The quantitative estimate of drug-likeness (QED) is 0.923. The smallest absolute Gasteiger partial charge is 0.263 e. The minimum atomic E-state index is -0.178. The van der Waals surface area contributed by atoms with Crippen LogP contribution in [0, 0.1) is 0 Å². The fourth-order valence-corrected chi connectivity index (χ4v) is 2.79. The summed E-state index contributed by atoms with van der Waals surface area (Å²) in [6.45, 7) is 4.04. The molecular formula is C17H21N3O2. The molecule has 0 atom stereocenters. The van der Waals surface area contributed by atoms with Crippen LogP contribution >= 0.6 is 0 Å². The van der Waals surface area contributed by atoms with Gasteiger partial charge in [0.2, 0.25) is 0 Å². The maximum atomic E-state index is 12.0. The molecule has 0 radical (unpaired) electrons. The van der Waals surface area contributed by atoms with Crippen LogP contribution < -0.4 is 10.1 Å². The monoisotopic (exact) mass is 299 g/mol. The van der Waals surface area contributed by atoms with Crippen LogP contribution in [-0.2, 0) is 17.6 Å². The Kier molecular flexibility index (Phi) is 4.13. The van der Waals surface area contributed by atoms with E-state index in [1.165, 1.54) is 17.5 Å². The lowest BCUT2D eigenvalue weighted by Gasteiger charge is -2.12. The van der Waals surface area contributed by atoms with Gasteiger partial charge in [0.25, 0.3) is 5.91 Å². The van der Waals surface area contributed by atoms with Crippen LogP contribution in [0.5, 0.6) is 5.75 Å². The second-order valence-electron chi connectivity index (χ2n) is 5.88. The van der Waals surface area contributed by atoms with Crippen LogP contribution in [0.4, 0.5) is 5.82 Å². The van der Waals surface area contributed by atoms with E-state index in [1.54, 1.807) is 16.9 Å². The molecule has 0 saturated carbocycles. The van der Waals surface area contributed by atoms with Gasteiger partial charge in [-0.15, -0.1) is 0 Å². The van der Waals surface area contributed by atoms with Crippen LogP contribution in [0.1, 0.15) is 37.4 Å². The van der Waals surface area contributed by atoms with Gasteiger partial charge in [-0.05, 0) is 56.4 Å². The number of nitrogens with zero attached hydrogens (tertiary/aromatic N) is 2. The first kappa shape index (κ1) is 14.6. The third kappa shape index (κ3) is 3.13. The van der Waals surface area contributed by atoms with Crippen LogP contribution in [-0.4, -0.2) is 22.3 Å². The third-order valence-electron chi connectivity index (χ3n) is 3.87. The molecule has 0 saturated heterocycles. The number of aromatic nitrogens is 2. The van der Waals surface area contributed by atoms with Gasteiger partial charge in [-0.2, -0.15) is 5.10 Å². The van der Waals surface area contributed by atoms with Crippen LogP contribution in [0.2, 0.25) is 0 Å². The fourth-order valence-electron chi connectivity index (χ4n) is 2.79. The van der Waals surface area contributed by atoms with E-state index in [-0.39, 0.29) is 18.6 Å². The predicted molar refractivity (Wildman–Crippen MR) is 85.2 cm³/mol. The molecule has 1 aliphatic rings. The number of carbonyl (C=O) groups is 1. The standard InChI is InChI=1S/C17H21N3O2/c1-12(2)20-16(8-9-18-20)19-17(21)11-22-15-7-6-13-4-3-5-14(13)10-15/h6-10,12H,3-5,11H2,1-2H3,(H,19,21). The van der Waals surface area contributed by atoms with Crippen molar-refractivity contribution in [2.24, 2.45) is 0 Å². The number of benzene rings is 1. The lowest BCUT2D eigenvalue weighted by molar-refractivity contribution is -0.118. The molecule has 1 N–H and O–H groups in total. The molecule has 1 aromatic heterocycles. The van der Waals surface area contributed by atoms with E-state index in [0.717, 1.165) is 18.6 Å². The van der Waals surface area contributed by atoms with Crippen molar-refractivity contribution in [1.29, 1.82) is 0 Å². The van der Waals surface area contributed by atoms with Crippen molar-refractivity contribution in [3.8, 4) is 5.75 Å². The second kappa shape index (κ2) is 6.22. The van der Waals surface area contributed by atoms with Gasteiger partial charge in [-0.1, -0.05) is 6.07 Å². The number of anilines is 1. The molecule has 0 bridgehead atoms. The first-order valence-electron chi connectivity index (χ1n) is 7.71. The van der Waals surface area contributed by atoms with Crippen molar-refractivity contribution in [3.05, 3.63) is 41.6 Å². The number of hydrogen-bond acceptors (Lipinski definition) is 3. The summed E-state index contributed by atoms with van der Waals surface area (Å²) in [5, 5.41) is 7.02. The predicted octanol–water partition coefficient (Wildman–Crippen LogP) is 2.97. The average Bonchev–Trinajstić information content (AvgIpc) is 3.13. The summed E-state index contributed by atoms with van der Waals surface area (Å²) in [6, 6.07) is 8.07. The van der Waals surface area contributed by atoms with Gasteiger partial charge >= 0.3 is 0 Å². The molecule has 1 aromatic carbocycles. The Morgan fingerprint density at radius 3 is 2.95 bits per heavy atom. The number of fused-ring (bicyclic) bond motifs is 1. The molecule has 0 unspecified atom stereocenters. The van der Waals surface area contributed by atoms with E-state index >= 15 is 0 Å². The number of nitrogens with one attached hydrogen (secondary N) is 1. The third-order valence-corrected chi connectivity index (χ3v) is 3.87. The van der Waals surface area contributed by atoms with E-state index in [9.17, 15) is 4.79 Å². The van der Waals surface area contributed by atoms with Crippen molar-refractivity contribution in [2.75, 3.05) is 11.9 Å². The summed E-state index contributed by atoms with van der Waals surface area (Å²) in [4.78, 5) is 12.0. The molecule has 0 spiro atoms. The van der Waals surface area contributed by atoms with Crippen LogP contribution in [0.3, 0.4) is 0 Å². The number of rotatable bonds is 5. The van der Waals surface area contributed by atoms with Crippen molar-refractivity contribution >= 4 is 11.7 Å². The van der Waals surface area contributed by atoms with Crippen LogP contribution in [0.15, 0.2) is 30.5 Å². The van der Waals surface area contributed by atoms with E-state index in [1.807, 2.05) is 26.0 Å². The molecule has 2 aromatic rings. The summed E-state index contributed by atoms with van der Waals surface area (Å²) in [6.07, 6.45) is 5.14. The Morgan fingerprint density at radius 1 is 1.32 bits per heavy atom. The molecule has 0 fully saturated rings. The fraction of sp³-hybridized carbons (Fsp3) is 0.412. The number of ether oxygens (including phenoxy) is 1. The first-order chi connectivity index (χ1) is 10.6. The molecule has 1 aliphatic carbocycles. The van der Waals surface area contributed by atoms with Crippen molar-refractivity contribution < 1.29 is 9.53 Å². The number of aryl methyl sites for hydroxylation is 2. The Bertz CT molecular complexity index is 676. The minimum absolute atomic E-state index is 0.00205. The largest absolute Gasteiger partial charge is 0.484 e. The zero-order valence-corrected chi connectivity index (χ0v) is 13.0. The topological polar surface area (TPSA) is 56.2 Å². The molecule has 3 rings (SSSR count). The molecule has 5 heteroatoms. The van der Waals surface area contributed by atoms with Gasteiger partial charge in [0, 0.05) is 12.1 Å². The van der Waals surface area contributed by atoms with Gasteiger partial charge in [-0.25, -0.2) is 4.68 Å². The van der Waals surface area contributed by atoms with Gasteiger partial charge in [0.15, 0.2) is 6.61 Å². The van der Waals surface area contributed by atoms with E-state index in [4.69, 9.17) is 4.74 Å². The van der Waals surface area contributed by atoms with Crippen molar-refractivity contribution in [2.45, 2.75) is 39.2 Å². The molecule has 0 aliphatic heterocycles. The number of amides is 1. The molecule has 116 valence electrons. The maximum Gasteiger partial charge on any atom is 0.263 e. The van der Waals surface area contributed by atoms with E-state index < -0.39 is 0 Å². The summed E-state index contributed by atoms with van der Waals surface area (Å²) >= 11 is 0. The van der Waals surface area contributed by atoms with Gasteiger partial charge in [-0.3, -0.25) is 4.79 Å². The SMILES string of the molecule is CC(C)n1nccc1NC(=O)COc1ccc2c(c1)CCC2. The second-order valence-corrected chi connectivity index (χ2v) is 5.88. The highest BCUT2D eigenvalue weighted by Gasteiger charge is 2.13. The first-order valence-corrected chi connectivity index (χ1v) is 7.71. The van der Waals surface area contributed by atoms with Gasteiger partial charge in [0.1, 0.15) is 11.6 Å². The highest BCUT2D eigenvalue weighted by molar-refractivity contribution is 5.91. The summed E-state index contributed by atoms with van der Waals surface area (Å²) < 4.78 is 7.37. The molecule has 1 heterocycles. The zero-order valence-electron chi connectivity index (χ0n) is 13.0. The maximum absolute atomic E-state index is 12.0. The normalized spacial score (nSPS) is 13.2. The van der Waals surface area contributed by atoms with Crippen molar-refractivity contribution in [3.63, 3.8) is 0 Å². The Hall–Kier alpha value is -2.30. The van der Waals surface area contributed by atoms with Gasteiger partial charge < -0.3 is 10.1 Å². The minimum Gasteiger partial charge on any atom is -0.484 e. The zero-order chi connectivity index (χ0) is 15.5. The van der Waals surface area contributed by atoms with Crippen molar-refractivity contribution in [1.82, 2.24) is 9.78 Å². The Balaban J connectivity index is 1.57. The number of carbonyl (C=O) groups excluding carboxylic acids is 1. The van der Waals surface area contributed by atoms with E-state index in [2.05, 4.69) is 16.5 Å². The summed E-state index contributed by atoms with van der Waals surface area (Å²) in [5.41, 5.74) is 2.74. The van der Waals surface area contributed by atoms with E-state index in [0.29, 0.717) is 5.82 Å². The highest BCUT2D eigenvalue weighted by atomic mass is 16.5. The lowest BCUT2D eigenvalue weighted by atomic mass is 10.1.